The molecule has 3 aromatic rings. The van der Waals surface area contributed by atoms with E-state index in [9.17, 15) is 4.79 Å². The lowest BCUT2D eigenvalue weighted by Gasteiger charge is -2.11. The summed E-state index contributed by atoms with van der Waals surface area (Å²) in [4.78, 5) is 12.3. The monoisotopic (exact) mass is 335 g/mol. The molecule has 128 valence electrons. The Morgan fingerprint density at radius 2 is 1.68 bits per heavy atom. The number of benzene rings is 3. The van der Waals surface area contributed by atoms with Crippen LogP contribution in [0.15, 0.2) is 66.7 Å². The Bertz CT molecular complexity index is 860. The van der Waals surface area contributed by atoms with Crippen molar-refractivity contribution < 1.29 is 14.3 Å². The van der Waals surface area contributed by atoms with E-state index in [-0.39, 0.29) is 5.91 Å². The summed E-state index contributed by atoms with van der Waals surface area (Å²) in [5.74, 6) is 1.23. The molecule has 0 bridgehead atoms. The summed E-state index contributed by atoms with van der Waals surface area (Å²) in [5, 5.41) is 5.17. The molecule has 4 heteroatoms. The Morgan fingerprint density at radius 3 is 2.52 bits per heavy atom. The maximum absolute atomic E-state index is 12.3. The second-order valence-electron chi connectivity index (χ2n) is 5.54. The van der Waals surface area contributed by atoms with E-state index >= 15 is 0 Å². The maximum Gasteiger partial charge on any atom is 0.255 e. The van der Waals surface area contributed by atoms with Crippen LogP contribution < -0.4 is 14.8 Å². The molecule has 0 aliphatic carbocycles. The molecule has 0 saturated heterocycles. The Labute approximate surface area is 147 Å². The summed E-state index contributed by atoms with van der Waals surface area (Å²) in [6, 6.07) is 21.3. The van der Waals surface area contributed by atoms with E-state index in [4.69, 9.17) is 9.47 Å². The van der Waals surface area contributed by atoms with Gasteiger partial charge in [0, 0.05) is 0 Å². The average molecular weight is 335 g/mol. The second-order valence-corrected chi connectivity index (χ2v) is 5.54. The van der Waals surface area contributed by atoms with E-state index < -0.39 is 0 Å². The van der Waals surface area contributed by atoms with Crippen molar-refractivity contribution in [2.24, 2.45) is 0 Å². The van der Waals surface area contributed by atoms with Gasteiger partial charge in [0.2, 0.25) is 0 Å². The molecule has 0 saturated carbocycles. The number of amides is 1. The van der Waals surface area contributed by atoms with Gasteiger partial charge in [0.1, 0.15) is 18.1 Å². The molecule has 0 atom stereocenters. The summed E-state index contributed by atoms with van der Waals surface area (Å²) < 4.78 is 11.2. The zero-order chi connectivity index (χ0) is 17.5. The SMILES string of the molecule is CCOc1ccccc1C(=O)NCCOc1ccc2ccccc2c1. The highest BCUT2D eigenvalue weighted by molar-refractivity contribution is 5.96. The average Bonchev–Trinajstić information content (AvgIpc) is 2.65. The number of carbonyl (C=O) groups excluding carboxylic acids is 1. The van der Waals surface area contributed by atoms with Gasteiger partial charge in [-0.3, -0.25) is 4.79 Å². The number of hydrogen-bond donors (Lipinski definition) is 1. The molecule has 3 rings (SSSR count). The van der Waals surface area contributed by atoms with Crippen LogP contribution in [0.4, 0.5) is 0 Å². The van der Waals surface area contributed by atoms with Crippen molar-refractivity contribution in [2.75, 3.05) is 19.8 Å². The number of nitrogens with one attached hydrogen (secondary N) is 1. The lowest BCUT2D eigenvalue weighted by molar-refractivity contribution is 0.0943. The molecule has 0 aliphatic rings. The summed E-state index contributed by atoms with van der Waals surface area (Å²) >= 11 is 0. The minimum atomic E-state index is -0.161. The molecule has 0 spiro atoms. The minimum Gasteiger partial charge on any atom is -0.493 e. The third kappa shape index (κ3) is 4.29. The zero-order valence-corrected chi connectivity index (χ0v) is 14.2. The predicted octanol–water partition coefficient (Wildman–Crippen LogP) is 4.05. The van der Waals surface area contributed by atoms with E-state index in [0.717, 1.165) is 11.1 Å². The standard InChI is InChI=1S/C21H21NO3/c1-2-24-20-10-6-5-9-19(20)21(23)22-13-14-25-18-12-11-16-7-3-4-8-17(16)15-18/h3-12,15H,2,13-14H2,1H3,(H,22,23). The van der Waals surface area contributed by atoms with Crippen LogP contribution in [0.2, 0.25) is 0 Å². The van der Waals surface area contributed by atoms with Gasteiger partial charge in [-0.25, -0.2) is 0 Å². The highest BCUT2D eigenvalue weighted by Gasteiger charge is 2.11. The normalized spacial score (nSPS) is 10.4. The molecule has 1 N–H and O–H groups in total. The molecule has 0 unspecified atom stereocenters. The van der Waals surface area contributed by atoms with Crippen LogP contribution in [0.25, 0.3) is 10.8 Å². The van der Waals surface area contributed by atoms with Crippen LogP contribution in [0.1, 0.15) is 17.3 Å². The van der Waals surface area contributed by atoms with Crippen molar-refractivity contribution in [3.8, 4) is 11.5 Å². The van der Waals surface area contributed by atoms with Crippen LogP contribution >= 0.6 is 0 Å². The largest absolute Gasteiger partial charge is 0.493 e. The van der Waals surface area contributed by atoms with Crippen molar-refractivity contribution in [3.05, 3.63) is 72.3 Å². The second kappa shape index (κ2) is 8.20. The number of rotatable bonds is 7. The fourth-order valence-corrected chi connectivity index (χ4v) is 2.62. The number of para-hydroxylation sites is 1. The number of fused-ring (bicyclic) bond motifs is 1. The molecular formula is C21H21NO3. The summed E-state index contributed by atoms with van der Waals surface area (Å²) in [6.45, 7) is 3.24. The van der Waals surface area contributed by atoms with Crippen LogP contribution in [-0.4, -0.2) is 25.7 Å². The molecule has 0 aliphatic heterocycles. The first kappa shape index (κ1) is 16.8. The summed E-state index contributed by atoms with van der Waals surface area (Å²) in [6.07, 6.45) is 0. The van der Waals surface area contributed by atoms with E-state index in [1.54, 1.807) is 12.1 Å². The Hall–Kier alpha value is -3.01. The highest BCUT2D eigenvalue weighted by Crippen LogP contribution is 2.20. The first-order valence-corrected chi connectivity index (χ1v) is 8.39. The lowest BCUT2D eigenvalue weighted by Crippen LogP contribution is -2.28. The van der Waals surface area contributed by atoms with Gasteiger partial charge in [-0.15, -0.1) is 0 Å². The van der Waals surface area contributed by atoms with Gasteiger partial charge < -0.3 is 14.8 Å². The van der Waals surface area contributed by atoms with Crippen LogP contribution in [-0.2, 0) is 0 Å². The Morgan fingerprint density at radius 1 is 0.920 bits per heavy atom. The smallest absolute Gasteiger partial charge is 0.255 e. The first-order chi connectivity index (χ1) is 12.3. The van der Waals surface area contributed by atoms with E-state index in [0.29, 0.717) is 31.1 Å². The van der Waals surface area contributed by atoms with Gasteiger partial charge in [-0.05, 0) is 42.0 Å². The lowest BCUT2D eigenvalue weighted by atomic mass is 10.1. The number of carbonyl (C=O) groups is 1. The van der Waals surface area contributed by atoms with Crippen molar-refractivity contribution in [2.45, 2.75) is 6.92 Å². The van der Waals surface area contributed by atoms with Crippen molar-refractivity contribution >= 4 is 16.7 Å². The Balaban J connectivity index is 1.53. The zero-order valence-electron chi connectivity index (χ0n) is 14.2. The molecule has 0 heterocycles. The third-order valence-electron chi connectivity index (χ3n) is 3.81. The van der Waals surface area contributed by atoms with Crippen LogP contribution in [0.5, 0.6) is 11.5 Å². The van der Waals surface area contributed by atoms with Crippen molar-refractivity contribution in [3.63, 3.8) is 0 Å². The van der Waals surface area contributed by atoms with Crippen LogP contribution in [0, 0.1) is 0 Å². The first-order valence-electron chi connectivity index (χ1n) is 8.39. The molecular weight excluding hydrogens is 314 g/mol. The Kier molecular flexibility index (Phi) is 5.52. The van der Waals surface area contributed by atoms with Gasteiger partial charge >= 0.3 is 0 Å². The number of hydrogen-bond acceptors (Lipinski definition) is 3. The summed E-state index contributed by atoms with van der Waals surface area (Å²) in [5.41, 5.74) is 0.537. The molecule has 25 heavy (non-hydrogen) atoms. The molecule has 0 fully saturated rings. The van der Waals surface area contributed by atoms with Gasteiger partial charge in [-0.1, -0.05) is 42.5 Å². The quantitative estimate of drug-likeness (QED) is 0.663. The van der Waals surface area contributed by atoms with Gasteiger partial charge in [0.05, 0.1) is 18.7 Å². The van der Waals surface area contributed by atoms with E-state index in [1.807, 2.05) is 49.4 Å². The van der Waals surface area contributed by atoms with Gasteiger partial charge in [-0.2, -0.15) is 0 Å². The predicted molar refractivity (Wildman–Crippen MR) is 99.4 cm³/mol. The van der Waals surface area contributed by atoms with Gasteiger partial charge in [0.15, 0.2) is 0 Å². The topological polar surface area (TPSA) is 47.6 Å². The maximum atomic E-state index is 12.3. The van der Waals surface area contributed by atoms with Crippen molar-refractivity contribution in [1.82, 2.24) is 5.32 Å². The number of ether oxygens (including phenoxy) is 2. The molecule has 0 aromatic heterocycles. The third-order valence-corrected chi connectivity index (χ3v) is 3.81. The molecule has 0 radical (unpaired) electrons. The van der Waals surface area contributed by atoms with E-state index in [1.165, 1.54) is 5.39 Å². The fraction of sp³-hybridized carbons (Fsp3) is 0.190. The molecule has 4 nitrogen and oxygen atoms in total. The fourth-order valence-electron chi connectivity index (χ4n) is 2.62. The van der Waals surface area contributed by atoms with E-state index in [2.05, 4.69) is 17.4 Å². The molecule has 1 amide bonds. The van der Waals surface area contributed by atoms with Gasteiger partial charge in [0.25, 0.3) is 5.91 Å². The van der Waals surface area contributed by atoms with Crippen molar-refractivity contribution in [1.29, 1.82) is 0 Å². The minimum absolute atomic E-state index is 0.161. The highest BCUT2D eigenvalue weighted by atomic mass is 16.5. The van der Waals surface area contributed by atoms with Crippen LogP contribution in [0.3, 0.4) is 0 Å². The summed E-state index contributed by atoms with van der Waals surface area (Å²) in [7, 11) is 0. The molecule has 3 aromatic carbocycles.